The normalized spacial score (nSPS) is 15.4. The molecule has 27 heavy (non-hydrogen) atoms. The third-order valence-corrected chi connectivity index (χ3v) is 4.88. The molecule has 1 fully saturated rings. The highest BCUT2D eigenvalue weighted by atomic mass is 19.3. The smallest absolute Gasteiger partial charge is 0.275 e. The number of alkyl halides is 2. The Hall–Kier alpha value is -2.38. The lowest BCUT2D eigenvalue weighted by atomic mass is 9.87. The van der Waals surface area contributed by atoms with Gasteiger partial charge in [-0.05, 0) is 36.5 Å². The molecule has 1 aliphatic rings. The van der Waals surface area contributed by atoms with Crippen molar-refractivity contribution in [1.82, 2.24) is 14.9 Å². The Labute approximate surface area is 154 Å². The van der Waals surface area contributed by atoms with Gasteiger partial charge in [0.1, 0.15) is 5.82 Å². The van der Waals surface area contributed by atoms with Crippen LogP contribution in [0.2, 0.25) is 0 Å². The lowest BCUT2D eigenvalue weighted by Crippen LogP contribution is -2.38. The molecule has 1 aromatic carbocycles. The van der Waals surface area contributed by atoms with Gasteiger partial charge in [-0.15, -0.1) is 10.0 Å². The summed E-state index contributed by atoms with van der Waals surface area (Å²) < 4.78 is 53.3. The Balaban J connectivity index is 1.90. The monoisotopic (exact) mass is 383 g/mol. The van der Waals surface area contributed by atoms with Crippen LogP contribution in [0.5, 0.6) is 0 Å². The van der Waals surface area contributed by atoms with E-state index in [0.29, 0.717) is 6.20 Å². The summed E-state index contributed by atoms with van der Waals surface area (Å²) in [6.07, 6.45) is -0.978. The molecule has 4 nitrogen and oxygen atoms in total. The van der Waals surface area contributed by atoms with E-state index in [1.807, 2.05) is 13.8 Å². The van der Waals surface area contributed by atoms with E-state index in [9.17, 15) is 22.4 Å². The van der Waals surface area contributed by atoms with Crippen molar-refractivity contribution in [3.05, 3.63) is 53.1 Å². The quantitative estimate of drug-likeness (QED) is 0.648. The van der Waals surface area contributed by atoms with Gasteiger partial charge in [0.05, 0.1) is 11.8 Å². The Bertz CT molecular complexity index is 817. The van der Waals surface area contributed by atoms with Crippen molar-refractivity contribution in [2.45, 2.75) is 45.1 Å². The highest BCUT2D eigenvalue weighted by Gasteiger charge is 2.38. The molecule has 1 aliphatic carbocycles. The average molecular weight is 383 g/mol. The molecule has 0 radical (unpaired) electrons. The Morgan fingerprint density at radius 3 is 2.59 bits per heavy atom. The summed E-state index contributed by atoms with van der Waals surface area (Å²) in [7, 11) is 0. The van der Waals surface area contributed by atoms with Crippen molar-refractivity contribution in [1.29, 1.82) is 0 Å². The van der Waals surface area contributed by atoms with Crippen LogP contribution in [0.1, 0.15) is 60.6 Å². The highest BCUT2D eigenvalue weighted by molar-refractivity contribution is 5.94. The molecule has 1 heterocycles. The fourth-order valence-electron chi connectivity index (χ4n) is 3.25. The van der Waals surface area contributed by atoms with Gasteiger partial charge in [0.2, 0.25) is 0 Å². The van der Waals surface area contributed by atoms with Crippen molar-refractivity contribution in [3.63, 3.8) is 0 Å². The van der Waals surface area contributed by atoms with Gasteiger partial charge in [0, 0.05) is 18.5 Å². The third-order valence-electron chi connectivity index (χ3n) is 4.88. The Morgan fingerprint density at radius 1 is 1.33 bits per heavy atom. The van der Waals surface area contributed by atoms with E-state index in [1.54, 1.807) is 12.1 Å². The Kier molecular flexibility index (Phi) is 5.53. The predicted octanol–water partition coefficient (Wildman–Crippen LogP) is 4.74. The molecule has 0 bridgehead atoms. The number of hydrogen-bond acceptors (Lipinski definition) is 2. The molecule has 1 saturated carbocycles. The topological polar surface area (TPSA) is 38.1 Å². The average Bonchev–Trinajstić information content (AvgIpc) is 3.35. The van der Waals surface area contributed by atoms with Crippen molar-refractivity contribution in [2.75, 3.05) is 6.54 Å². The van der Waals surface area contributed by atoms with Gasteiger partial charge < -0.3 is 4.90 Å². The summed E-state index contributed by atoms with van der Waals surface area (Å²) in [6.45, 7) is 4.13. The van der Waals surface area contributed by atoms with E-state index in [0.717, 1.165) is 18.4 Å². The third kappa shape index (κ3) is 4.31. The minimum Gasteiger partial charge on any atom is -0.334 e. The van der Waals surface area contributed by atoms with Crippen molar-refractivity contribution in [2.24, 2.45) is 5.92 Å². The predicted molar refractivity (Wildman–Crippen MR) is 91.7 cm³/mol. The van der Waals surface area contributed by atoms with Crippen LogP contribution in [0.3, 0.4) is 0 Å². The first-order chi connectivity index (χ1) is 12.8. The summed E-state index contributed by atoms with van der Waals surface area (Å²) in [5.74, 6) is -1.20. The number of carbonyl (C=O) groups excluding carboxylic acids is 1. The molecule has 0 N–H and O–H groups in total. The van der Waals surface area contributed by atoms with Gasteiger partial charge in [-0.2, -0.15) is 0 Å². The summed E-state index contributed by atoms with van der Waals surface area (Å²) in [5.41, 5.74) is -0.560. The molecule has 0 aliphatic heterocycles. The first-order valence-corrected chi connectivity index (χ1v) is 8.88. The number of rotatable bonds is 7. The number of aromatic nitrogens is 2. The minimum atomic E-state index is -3.00. The molecule has 8 heteroatoms. The second kappa shape index (κ2) is 7.70. The molecule has 0 spiro atoms. The van der Waals surface area contributed by atoms with E-state index in [-0.39, 0.29) is 35.1 Å². The molecule has 1 unspecified atom stereocenters. The molecule has 2 aromatic rings. The van der Waals surface area contributed by atoms with E-state index < -0.39 is 23.6 Å². The van der Waals surface area contributed by atoms with Gasteiger partial charge >= 0.3 is 0 Å². The minimum absolute atomic E-state index is 0.0779. The van der Waals surface area contributed by atoms with Crippen LogP contribution in [0.25, 0.3) is 0 Å². The van der Waals surface area contributed by atoms with E-state index in [2.05, 4.69) is 5.10 Å². The molecular formula is C19H21F4N3O. The molecule has 146 valence electrons. The number of nitrogens with zero attached hydrogens (tertiary/aromatic N) is 3. The maximum absolute atomic E-state index is 13.6. The van der Waals surface area contributed by atoms with E-state index in [1.165, 1.54) is 17.0 Å². The lowest BCUT2D eigenvalue weighted by molar-refractivity contribution is 0.0702. The van der Waals surface area contributed by atoms with Gasteiger partial charge in [-0.3, -0.25) is 4.79 Å². The number of benzene rings is 1. The van der Waals surface area contributed by atoms with Crippen molar-refractivity contribution < 1.29 is 22.4 Å². The zero-order valence-corrected chi connectivity index (χ0v) is 15.1. The summed E-state index contributed by atoms with van der Waals surface area (Å²) in [5, 5.41) is 3.32. The first kappa shape index (κ1) is 19.4. The van der Waals surface area contributed by atoms with Gasteiger partial charge in [-0.25, -0.2) is 13.2 Å². The van der Waals surface area contributed by atoms with Crippen LogP contribution in [-0.2, 0) is 0 Å². The summed E-state index contributed by atoms with van der Waals surface area (Å²) in [6, 6.07) is 6.05. The molecule has 1 aromatic heterocycles. The largest absolute Gasteiger partial charge is 0.334 e. The SMILES string of the molecule is CC(C)C(CN(C(=O)c1nn(F)cc1C(F)F)C1CC1)c1cccc(F)c1. The van der Waals surface area contributed by atoms with E-state index in [4.69, 9.17) is 0 Å². The van der Waals surface area contributed by atoms with E-state index >= 15 is 0 Å². The van der Waals surface area contributed by atoms with Gasteiger partial charge in [-0.1, -0.05) is 30.5 Å². The standard InChI is InChI=1S/C19H21F4N3O/c1-11(2)15(12-4-3-5-13(20)8-12)9-25(14-6-7-14)19(27)17-16(18(21)22)10-26(23)24-17/h3-5,8,10-11,14-15,18H,6-7,9H2,1-2H3. The van der Waals surface area contributed by atoms with Crippen LogP contribution in [0, 0.1) is 11.7 Å². The second-order valence-corrected chi connectivity index (χ2v) is 7.22. The van der Waals surface area contributed by atoms with Crippen molar-refractivity contribution >= 4 is 5.91 Å². The maximum Gasteiger partial charge on any atom is 0.275 e. The van der Waals surface area contributed by atoms with Crippen molar-refractivity contribution in [3.8, 4) is 0 Å². The van der Waals surface area contributed by atoms with Crippen LogP contribution in [0.4, 0.5) is 17.7 Å². The van der Waals surface area contributed by atoms with Gasteiger partial charge in [0.15, 0.2) is 5.69 Å². The molecule has 0 saturated heterocycles. The molecule has 3 rings (SSSR count). The first-order valence-electron chi connectivity index (χ1n) is 8.88. The van der Waals surface area contributed by atoms with Gasteiger partial charge in [0.25, 0.3) is 12.3 Å². The number of halogens is 4. The van der Waals surface area contributed by atoms with Crippen LogP contribution < -0.4 is 0 Å². The number of carbonyl (C=O) groups is 1. The second-order valence-electron chi connectivity index (χ2n) is 7.22. The Morgan fingerprint density at radius 2 is 2.04 bits per heavy atom. The fourth-order valence-corrected chi connectivity index (χ4v) is 3.25. The fraction of sp³-hybridized carbons (Fsp3) is 0.474. The molecular weight excluding hydrogens is 362 g/mol. The maximum atomic E-state index is 13.6. The summed E-state index contributed by atoms with van der Waals surface area (Å²) >= 11 is 0. The molecule has 1 amide bonds. The lowest BCUT2D eigenvalue weighted by Gasteiger charge is -2.30. The number of hydrogen-bond donors (Lipinski definition) is 0. The summed E-state index contributed by atoms with van der Waals surface area (Å²) in [4.78, 5) is 14.1. The highest BCUT2D eigenvalue weighted by Crippen LogP contribution is 2.34. The zero-order chi connectivity index (χ0) is 19.7. The molecule has 1 atom stereocenters. The van der Waals surface area contributed by atoms with Crippen LogP contribution in [-0.4, -0.2) is 33.4 Å². The van der Waals surface area contributed by atoms with Crippen LogP contribution in [0.15, 0.2) is 30.5 Å². The zero-order valence-electron chi connectivity index (χ0n) is 15.1. The van der Waals surface area contributed by atoms with Crippen LogP contribution >= 0.6 is 0 Å². The number of amides is 1.